The van der Waals surface area contributed by atoms with E-state index in [-0.39, 0.29) is 5.02 Å². The van der Waals surface area contributed by atoms with Gasteiger partial charge in [0.25, 0.3) is 0 Å². The van der Waals surface area contributed by atoms with E-state index in [0.29, 0.717) is 0 Å². The number of carbonyl (C=O) groups is 1. The van der Waals surface area contributed by atoms with Crippen LogP contribution in [0.15, 0.2) is 11.4 Å². The lowest BCUT2D eigenvalue weighted by molar-refractivity contribution is 0.142. The molecule has 1 heterocycles. The number of halogens is 1. The van der Waals surface area contributed by atoms with Gasteiger partial charge in [0.05, 0.1) is 6.20 Å². The lowest BCUT2D eigenvalue weighted by Gasteiger charge is -2.02. The van der Waals surface area contributed by atoms with Crippen molar-refractivity contribution in [3.05, 3.63) is 11.2 Å². The molecule has 1 rings (SSSR count). The second-order valence-electron chi connectivity index (χ2n) is 2.45. The molecule has 7 nitrogen and oxygen atoms in total. The molecule has 0 saturated carbocycles. The molecule has 0 amide bonds. The van der Waals surface area contributed by atoms with Crippen LogP contribution in [0.25, 0.3) is 0 Å². The summed E-state index contributed by atoms with van der Waals surface area (Å²) in [5.41, 5.74) is 0. The van der Waals surface area contributed by atoms with E-state index in [2.05, 4.69) is 14.7 Å². The van der Waals surface area contributed by atoms with E-state index in [9.17, 15) is 13.2 Å². The Bertz CT molecular complexity index is 500. The summed E-state index contributed by atoms with van der Waals surface area (Å²) in [4.78, 5) is 17.0. The lowest BCUT2D eigenvalue weighted by atomic mass is 10.6. The first-order chi connectivity index (χ1) is 6.80. The molecule has 1 N–H and O–H groups in total. The molecule has 0 spiro atoms. The molecular weight excluding hydrogens is 248 g/mol. The van der Waals surface area contributed by atoms with Crippen LogP contribution in [0.3, 0.4) is 0 Å². The van der Waals surface area contributed by atoms with Crippen LogP contribution >= 0.6 is 11.6 Å². The van der Waals surface area contributed by atoms with Gasteiger partial charge in [0.2, 0.25) is 20.9 Å². The van der Waals surface area contributed by atoms with Crippen LogP contribution in [0.2, 0.25) is 5.02 Å². The summed E-state index contributed by atoms with van der Waals surface area (Å²) >= 11 is 5.48. The normalized spacial score (nSPS) is 11.1. The molecular formula is C6H5ClN2O5S. The van der Waals surface area contributed by atoms with Crippen LogP contribution < -0.4 is 4.74 Å². The van der Waals surface area contributed by atoms with Crippen molar-refractivity contribution >= 4 is 27.6 Å². The van der Waals surface area contributed by atoms with E-state index in [4.69, 9.17) is 16.7 Å². The number of sulfone groups is 1. The van der Waals surface area contributed by atoms with Crippen molar-refractivity contribution in [1.29, 1.82) is 0 Å². The molecule has 0 atom stereocenters. The number of rotatable bonds is 2. The van der Waals surface area contributed by atoms with Crippen molar-refractivity contribution in [2.24, 2.45) is 0 Å². The number of carboxylic acid groups (broad SMARTS) is 1. The number of hydrogen-bond donors (Lipinski definition) is 1. The van der Waals surface area contributed by atoms with E-state index in [0.717, 1.165) is 12.5 Å². The van der Waals surface area contributed by atoms with Gasteiger partial charge in [-0.15, -0.1) is 0 Å². The second-order valence-corrected chi connectivity index (χ2v) is 4.76. The Hall–Kier alpha value is -1.41. The Morgan fingerprint density at radius 3 is 2.67 bits per heavy atom. The van der Waals surface area contributed by atoms with Gasteiger partial charge < -0.3 is 9.84 Å². The molecule has 0 unspecified atom stereocenters. The zero-order valence-corrected chi connectivity index (χ0v) is 8.91. The van der Waals surface area contributed by atoms with Gasteiger partial charge in [0.15, 0.2) is 0 Å². The molecule has 0 radical (unpaired) electrons. The predicted octanol–water partition coefficient (Wildman–Crippen LogP) is 0.590. The third-order valence-electron chi connectivity index (χ3n) is 1.21. The summed E-state index contributed by atoms with van der Waals surface area (Å²) in [5.74, 6) is -0.514. The molecule has 9 heteroatoms. The average Bonchev–Trinajstić information content (AvgIpc) is 2.06. The van der Waals surface area contributed by atoms with Crippen LogP contribution in [-0.4, -0.2) is 35.9 Å². The topological polar surface area (TPSA) is 106 Å². The largest absolute Gasteiger partial charge is 0.512 e. The third-order valence-corrected chi connectivity index (χ3v) is 2.32. The molecule has 15 heavy (non-hydrogen) atoms. The first-order valence-electron chi connectivity index (χ1n) is 3.44. The summed E-state index contributed by atoms with van der Waals surface area (Å²) in [6.45, 7) is 0. The highest BCUT2D eigenvalue weighted by atomic mass is 35.5. The van der Waals surface area contributed by atoms with Crippen molar-refractivity contribution in [2.75, 3.05) is 6.26 Å². The van der Waals surface area contributed by atoms with Gasteiger partial charge in [-0.05, 0) is 0 Å². The highest BCUT2D eigenvalue weighted by Crippen LogP contribution is 2.21. The highest BCUT2D eigenvalue weighted by Gasteiger charge is 2.16. The van der Waals surface area contributed by atoms with Crippen LogP contribution in [-0.2, 0) is 9.84 Å². The summed E-state index contributed by atoms with van der Waals surface area (Å²) in [6.07, 6.45) is 0.180. The van der Waals surface area contributed by atoms with Crippen molar-refractivity contribution in [3.63, 3.8) is 0 Å². The van der Waals surface area contributed by atoms with Crippen molar-refractivity contribution in [3.8, 4) is 5.88 Å². The fourth-order valence-electron chi connectivity index (χ4n) is 0.669. The third kappa shape index (κ3) is 3.03. The minimum Gasteiger partial charge on any atom is -0.449 e. The number of ether oxygens (including phenoxy) is 1. The van der Waals surface area contributed by atoms with Gasteiger partial charge in [-0.1, -0.05) is 11.6 Å². The van der Waals surface area contributed by atoms with Gasteiger partial charge in [0.1, 0.15) is 5.02 Å². The zero-order chi connectivity index (χ0) is 11.6. The monoisotopic (exact) mass is 252 g/mol. The summed E-state index contributed by atoms with van der Waals surface area (Å²) in [7, 11) is -3.63. The lowest BCUT2D eigenvalue weighted by Crippen LogP contribution is -2.09. The smallest absolute Gasteiger partial charge is 0.449 e. The molecule has 0 aromatic carbocycles. The van der Waals surface area contributed by atoms with E-state index in [1.807, 2.05) is 0 Å². The van der Waals surface area contributed by atoms with Crippen LogP contribution in [0.1, 0.15) is 0 Å². The Labute approximate surface area is 89.6 Å². The molecule has 1 aromatic rings. The first kappa shape index (κ1) is 11.7. The van der Waals surface area contributed by atoms with E-state index in [1.54, 1.807) is 0 Å². The van der Waals surface area contributed by atoms with Crippen molar-refractivity contribution in [1.82, 2.24) is 9.97 Å². The van der Waals surface area contributed by atoms with Gasteiger partial charge in [0, 0.05) is 6.26 Å². The average molecular weight is 253 g/mol. The number of hydrogen-bond acceptors (Lipinski definition) is 6. The van der Waals surface area contributed by atoms with E-state index in [1.165, 1.54) is 0 Å². The maximum atomic E-state index is 11.0. The fourth-order valence-corrected chi connectivity index (χ4v) is 1.29. The Morgan fingerprint density at radius 2 is 2.20 bits per heavy atom. The number of aromatic nitrogens is 2. The Balaban J connectivity index is 3.23. The molecule has 0 saturated heterocycles. The van der Waals surface area contributed by atoms with E-state index >= 15 is 0 Å². The van der Waals surface area contributed by atoms with Crippen LogP contribution in [0.4, 0.5) is 4.79 Å². The molecule has 1 aromatic heterocycles. The molecule has 0 aliphatic carbocycles. The maximum Gasteiger partial charge on any atom is 0.512 e. The maximum absolute atomic E-state index is 11.0. The Morgan fingerprint density at radius 1 is 1.60 bits per heavy atom. The van der Waals surface area contributed by atoms with Crippen LogP contribution in [0.5, 0.6) is 5.88 Å². The fraction of sp³-hybridized carbons (Fsp3) is 0.167. The molecule has 0 fully saturated rings. The van der Waals surface area contributed by atoms with Crippen LogP contribution in [0, 0.1) is 0 Å². The molecule has 82 valence electrons. The zero-order valence-electron chi connectivity index (χ0n) is 7.34. The summed E-state index contributed by atoms with van der Waals surface area (Å²) in [5, 5.41) is 7.55. The minimum atomic E-state index is -3.63. The molecule has 0 aliphatic rings. The summed E-state index contributed by atoms with van der Waals surface area (Å²) in [6, 6.07) is 0. The van der Waals surface area contributed by atoms with Gasteiger partial charge in [-0.25, -0.2) is 18.2 Å². The van der Waals surface area contributed by atoms with Crippen molar-refractivity contribution in [2.45, 2.75) is 5.16 Å². The SMILES string of the molecule is CS(=O)(=O)c1ncc(Cl)c(OC(=O)O)n1. The summed E-state index contributed by atoms with van der Waals surface area (Å²) < 4.78 is 26.2. The van der Waals surface area contributed by atoms with Gasteiger partial charge in [-0.3, -0.25) is 0 Å². The Kier molecular flexibility index (Phi) is 3.10. The second kappa shape index (κ2) is 3.99. The number of nitrogens with zero attached hydrogens (tertiary/aromatic N) is 2. The van der Waals surface area contributed by atoms with Crippen molar-refractivity contribution < 1.29 is 23.1 Å². The van der Waals surface area contributed by atoms with Gasteiger partial charge in [-0.2, -0.15) is 4.98 Å². The predicted molar refractivity (Wildman–Crippen MR) is 48.8 cm³/mol. The molecule has 0 bridgehead atoms. The quantitative estimate of drug-likeness (QED) is 0.606. The standard InChI is InChI=1S/C6H5ClN2O5S/c1-15(12,13)5-8-2-3(7)4(9-5)14-6(10)11/h2H,1H3,(H,10,11). The highest BCUT2D eigenvalue weighted by molar-refractivity contribution is 7.90. The molecule has 0 aliphatic heterocycles. The minimum absolute atomic E-state index is 0.190. The first-order valence-corrected chi connectivity index (χ1v) is 5.71. The van der Waals surface area contributed by atoms with E-state index < -0.39 is 27.0 Å². The van der Waals surface area contributed by atoms with Gasteiger partial charge >= 0.3 is 6.16 Å².